The number of nitrogens with one attached hydrogen (secondary N) is 1. The minimum Gasteiger partial charge on any atom is -0.352 e. The van der Waals surface area contributed by atoms with Crippen molar-refractivity contribution in [3.05, 3.63) is 70.9 Å². The molecule has 154 valence electrons. The summed E-state index contributed by atoms with van der Waals surface area (Å²) in [7, 11) is 0. The number of hydrogen-bond donors (Lipinski definition) is 1. The van der Waals surface area contributed by atoms with Crippen LogP contribution in [0.15, 0.2) is 48.8 Å². The zero-order valence-electron chi connectivity index (χ0n) is 16.5. The highest BCUT2D eigenvalue weighted by Crippen LogP contribution is 2.53. The number of nitrogens with zero attached hydrogens (tertiary/aromatic N) is 2. The summed E-state index contributed by atoms with van der Waals surface area (Å²) in [6.45, 7) is 0.697. The molecule has 2 aromatic heterocycles. The van der Waals surface area contributed by atoms with Crippen LogP contribution in [-0.2, 0) is 0 Å². The van der Waals surface area contributed by atoms with Crippen LogP contribution in [0.4, 0.5) is 4.39 Å². The largest absolute Gasteiger partial charge is 0.352 e. The van der Waals surface area contributed by atoms with Crippen LogP contribution >= 0.6 is 11.6 Å². The number of benzene rings is 1. The van der Waals surface area contributed by atoms with Crippen molar-refractivity contribution in [3.8, 4) is 0 Å². The second-order valence-electron chi connectivity index (χ2n) is 8.67. The Labute approximate surface area is 179 Å². The normalized spacial score (nSPS) is 25.4. The molecule has 1 aromatic carbocycles. The van der Waals surface area contributed by atoms with Gasteiger partial charge in [-0.15, -0.1) is 0 Å². The number of aromatic nitrogens is 2. The van der Waals surface area contributed by atoms with Crippen LogP contribution in [0.25, 0.3) is 10.9 Å². The zero-order chi connectivity index (χ0) is 20.7. The predicted octanol–water partition coefficient (Wildman–Crippen LogP) is 5.37. The third-order valence-corrected chi connectivity index (χ3v) is 7.05. The summed E-state index contributed by atoms with van der Waals surface area (Å²) in [5.74, 6) is 2.01. The summed E-state index contributed by atoms with van der Waals surface area (Å²) in [4.78, 5) is 20.7. The quantitative estimate of drug-likeness (QED) is 0.574. The van der Waals surface area contributed by atoms with E-state index in [1.165, 1.54) is 17.8 Å². The highest BCUT2D eigenvalue weighted by molar-refractivity contribution is 6.29. The van der Waals surface area contributed by atoms with Gasteiger partial charge >= 0.3 is 0 Å². The van der Waals surface area contributed by atoms with Gasteiger partial charge in [-0.1, -0.05) is 11.6 Å². The van der Waals surface area contributed by atoms with Crippen molar-refractivity contribution in [2.75, 3.05) is 6.54 Å². The molecule has 2 saturated carbocycles. The van der Waals surface area contributed by atoms with E-state index in [-0.39, 0.29) is 11.7 Å². The van der Waals surface area contributed by atoms with E-state index in [0.29, 0.717) is 40.9 Å². The number of halogens is 2. The maximum Gasteiger partial charge on any atom is 0.252 e. The first kappa shape index (κ1) is 19.4. The van der Waals surface area contributed by atoms with E-state index in [1.54, 1.807) is 24.3 Å². The Morgan fingerprint density at radius 1 is 1.07 bits per heavy atom. The van der Waals surface area contributed by atoms with Gasteiger partial charge in [0.15, 0.2) is 0 Å². The molecule has 0 unspecified atom stereocenters. The lowest BCUT2D eigenvalue weighted by molar-refractivity contribution is 0.0946. The molecule has 0 aliphatic heterocycles. The Hall–Kier alpha value is -2.53. The summed E-state index contributed by atoms with van der Waals surface area (Å²) >= 11 is 5.78. The number of amides is 1. The molecule has 5 rings (SSSR count). The van der Waals surface area contributed by atoms with Gasteiger partial charge < -0.3 is 5.32 Å². The Balaban J connectivity index is 1.20. The van der Waals surface area contributed by atoms with Crippen molar-refractivity contribution >= 4 is 28.4 Å². The summed E-state index contributed by atoms with van der Waals surface area (Å²) in [6.07, 6.45) is 7.88. The fourth-order valence-corrected chi connectivity index (χ4v) is 5.62. The van der Waals surface area contributed by atoms with Crippen LogP contribution in [0, 0.1) is 23.6 Å². The van der Waals surface area contributed by atoms with E-state index in [9.17, 15) is 9.18 Å². The van der Waals surface area contributed by atoms with E-state index in [1.807, 2.05) is 6.20 Å². The number of pyridine rings is 2. The molecule has 3 aromatic rings. The molecule has 0 radical (unpaired) electrons. The molecule has 2 heterocycles. The molecule has 2 aliphatic carbocycles. The average Bonchev–Trinajstić information content (AvgIpc) is 3.31. The lowest BCUT2D eigenvalue weighted by atomic mass is 9.90. The van der Waals surface area contributed by atoms with E-state index in [4.69, 9.17) is 11.6 Å². The van der Waals surface area contributed by atoms with Crippen LogP contribution in [0.5, 0.6) is 0 Å². The highest BCUT2D eigenvalue weighted by Gasteiger charge is 2.42. The maximum atomic E-state index is 13.8. The average molecular weight is 424 g/mol. The van der Waals surface area contributed by atoms with Crippen LogP contribution in [-0.4, -0.2) is 22.4 Å². The SMILES string of the molecule is O=C(NC[C@@H]1C[C@@H]2C[C@H](c3ccnc4ccc(F)cc34)C[C@@H]2C1)c1ccc(Cl)nc1. The number of rotatable bonds is 4. The molecule has 1 amide bonds. The van der Waals surface area contributed by atoms with Crippen molar-refractivity contribution < 1.29 is 9.18 Å². The smallest absolute Gasteiger partial charge is 0.252 e. The molecule has 0 saturated heterocycles. The fourth-order valence-electron chi connectivity index (χ4n) is 5.51. The molecule has 2 fully saturated rings. The van der Waals surface area contributed by atoms with Gasteiger partial charge in [0.05, 0.1) is 11.1 Å². The van der Waals surface area contributed by atoms with Gasteiger partial charge in [-0.05, 0) is 91.3 Å². The monoisotopic (exact) mass is 423 g/mol. The fraction of sp³-hybridized carbons (Fsp3) is 0.375. The number of carbonyl (C=O) groups excluding carboxylic acids is 1. The number of carbonyl (C=O) groups is 1. The molecule has 0 spiro atoms. The minimum atomic E-state index is -0.207. The number of hydrogen-bond acceptors (Lipinski definition) is 3. The van der Waals surface area contributed by atoms with Crippen LogP contribution < -0.4 is 5.32 Å². The van der Waals surface area contributed by atoms with Gasteiger partial charge in [-0.2, -0.15) is 0 Å². The van der Waals surface area contributed by atoms with Crippen molar-refractivity contribution in [2.24, 2.45) is 17.8 Å². The van der Waals surface area contributed by atoms with Crippen molar-refractivity contribution in [1.29, 1.82) is 0 Å². The van der Waals surface area contributed by atoms with E-state index in [2.05, 4.69) is 21.4 Å². The molecule has 2 aliphatic rings. The molecule has 4 nitrogen and oxygen atoms in total. The highest BCUT2D eigenvalue weighted by atomic mass is 35.5. The van der Waals surface area contributed by atoms with Gasteiger partial charge in [0.1, 0.15) is 11.0 Å². The molecule has 0 bridgehead atoms. The number of fused-ring (bicyclic) bond motifs is 2. The minimum absolute atomic E-state index is 0.0978. The van der Waals surface area contributed by atoms with Crippen LogP contribution in [0.1, 0.15) is 47.5 Å². The second kappa shape index (κ2) is 7.95. The summed E-state index contributed by atoms with van der Waals surface area (Å²) in [6, 6.07) is 10.2. The summed E-state index contributed by atoms with van der Waals surface area (Å²) in [5.41, 5.74) is 2.63. The van der Waals surface area contributed by atoms with E-state index < -0.39 is 0 Å². The molecular formula is C24H23ClFN3O. The Morgan fingerprint density at radius 3 is 2.60 bits per heavy atom. The summed E-state index contributed by atoms with van der Waals surface area (Å²) < 4.78 is 13.8. The topological polar surface area (TPSA) is 54.9 Å². The molecule has 30 heavy (non-hydrogen) atoms. The van der Waals surface area contributed by atoms with Gasteiger partial charge in [-0.3, -0.25) is 9.78 Å². The molecule has 4 atom stereocenters. The second-order valence-corrected chi connectivity index (χ2v) is 9.05. The van der Waals surface area contributed by atoms with Gasteiger partial charge in [0.25, 0.3) is 5.91 Å². The lowest BCUT2D eigenvalue weighted by Crippen LogP contribution is -2.28. The predicted molar refractivity (Wildman–Crippen MR) is 115 cm³/mol. The maximum absolute atomic E-state index is 13.8. The van der Waals surface area contributed by atoms with Crippen molar-refractivity contribution in [2.45, 2.75) is 31.6 Å². The third-order valence-electron chi connectivity index (χ3n) is 6.83. The first-order chi connectivity index (χ1) is 14.6. The Kier molecular flexibility index (Phi) is 5.15. The Bertz CT molecular complexity index is 1070. The molecule has 6 heteroatoms. The lowest BCUT2D eigenvalue weighted by Gasteiger charge is -2.17. The molecule has 1 N–H and O–H groups in total. The Morgan fingerprint density at radius 2 is 1.87 bits per heavy atom. The van der Waals surface area contributed by atoms with Crippen LogP contribution in [0.3, 0.4) is 0 Å². The zero-order valence-corrected chi connectivity index (χ0v) is 17.3. The van der Waals surface area contributed by atoms with Gasteiger partial charge in [-0.25, -0.2) is 9.37 Å². The first-order valence-corrected chi connectivity index (χ1v) is 10.9. The summed E-state index contributed by atoms with van der Waals surface area (Å²) in [5, 5.41) is 4.38. The van der Waals surface area contributed by atoms with E-state index >= 15 is 0 Å². The van der Waals surface area contributed by atoms with Crippen molar-refractivity contribution in [3.63, 3.8) is 0 Å². The van der Waals surface area contributed by atoms with Gasteiger partial charge in [0, 0.05) is 24.3 Å². The standard InChI is InChI=1S/C24H23ClFN3O/c25-23-4-1-15(13-28-23)24(30)29-12-14-7-16-9-18(10-17(16)8-14)20-5-6-27-22-3-2-19(26)11-21(20)22/h1-6,11,13-14,16-18H,7-10,12H2,(H,29,30)/t14-,16-,17+,18+. The third kappa shape index (κ3) is 3.79. The first-order valence-electron chi connectivity index (χ1n) is 10.5. The van der Waals surface area contributed by atoms with Gasteiger partial charge in [0.2, 0.25) is 0 Å². The van der Waals surface area contributed by atoms with Crippen LogP contribution in [0.2, 0.25) is 5.15 Å². The van der Waals surface area contributed by atoms with Crippen molar-refractivity contribution in [1.82, 2.24) is 15.3 Å². The van der Waals surface area contributed by atoms with E-state index in [0.717, 1.165) is 36.6 Å². The molecular weight excluding hydrogens is 401 g/mol.